The molecule has 0 atom stereocenters. The summed E-state index contributed by atoms with van der Waals surface area (Å²) in [5.41, 5.74) is 6.12. The van der Waals surface area contributed by atoms with Gasteiger partial charge in [0.2, 0.25) is 0 Å². The van der Waals surface area contributed by atoms with Crippen molar-refractivity contribution in [3.63, 3.8) is 0 Å². The minimum Gasteiger partial charge on any atom is -1.00 e. The van der Waals surface area contributed by atoms with Gasteiger partial charge in [-0.2, -0.15) is 0 Å². The van der Waals surface area contributed by atoms with Crippen molar-refractivity contribution in [2.24, 2.45) is 0 Å². The Balaban J connectivity index is 0.000001000. The van der Waals surface area contributed by atoms with E-state index in [0.29, 0.717) is 0 Å². The Morgan fingerprint density at radius 2 is 1.73 bits per heavy atom. The zero-order valence-corrected chi connectivity index (χ0v) is 7.31. The number of halogens is 1. The summed E-state index contributed by atoms with van der Waals surface area (Å²) < 4.78 is 0. The SMILES string of the molecule is Cc1ccc(C=C[NH3+])cc1.[Cl-]. The summed E-state index contributed by atoms with van der Waals surface area (Å²) in [5, 5.41) is 0. The van der Waals surface area contributed by atoms with E-state index in [1.54, 1.807) is 6.20 Å². The number of aryl methyl sites for hydroxylation is 1. The van der Waals surface area contributed by atoms with Crippen LogP contribution in [0.25, 0.3) is 6.08 Å². The predicted octanol–water partition coefficient (Wildman–Crippen LogP) is -1.79. The molecule has 0 aliphatic heterocycles. The molecule has 0 amide bonds. The molecular weight excluding hydrogens is 158 g/mol. The van der Waals surface area contributed by atoms with E-state index in [9.17, 15) is 0 Å². The van der Waals surface area contributed by atoms with Gasteiger partial charge in [-0.3, -0.25) is 0 Å². The smallest absolute Gasteiger partial charge is 0.0915 e. The van der Waals surface area contributed by atoms with Crippen LogP contribution in [0.15, 0.2) is 30.5 Å². The molecule has 0 spiro atoms. The van der Waals surface area contributed by atoms with Gasteiger partial charge in [-0.05, 0) is 18.6 Å². The minimum atomic E-state index is 0. The molecule has 1 nitrogen and oxygen atoms in total. The quantitative estimate of drug-likeness (QED) is 0.515. The Labute approximate surface area is 73.3 Å². The molecule has 0 fully saturated rings. The Morgan fingerprint density at radius 1 is 1.18 bits per heavy atom. The van der Waals surface area contributed by atoms with E-state index in [1.165, 1.54) is 11.1 Å². The lowest BCUT2D eigenvalue weighted by Crippen LogP contribution is -3.00. The Bertz CT molecular complexity index is 226. The van der Waals surface area contributed by atoms with Crippen LogP contribution in [0.2, 0.25) is 0 Å². The lowest BCUT2D eigenvalue weighted by molar-refractivity contribution is -0.272. The standard InChI is InChI=1S/C9H11N.ClH/c1-8-2-4-9(5-3-8)6-7-10;/h2-7H,10H2,1H3;1H. The monoisotopic (exact) mass is 169 g/mol. The summed E-state index contributed by atoms with van der Waals surface area (Å²) in [4.78, 5) is 0. The average molecular weight is 170 g/mol. The van der Waals surface area contributed by atoms with Crippen molar-refractivity contribution in [2.45, 2.75) is 6.92 Å². The van der Waals surface area contributed by atoms with E-state index in [4.69, 9.17) is 0 Å². The van der Waals surface area contributed by atoms with Crippen molar-refractivity contribution in [1.29, 1.82) is 0 Å². The first-order valence-corrected chi connectivity index (χ1v) is 3.35. The van der Waals surface area contributed by atoms with Gasteiger partial charge >= 0.3 is 0 Å². The van der Waals surface area contributed by atoms with Crippen molar-refractivity contribution in [2.75, 3.05) is 0 Å². The normalized spacial score (nSPS) is 9.64. The molecule has 0 bridgehead atoms. The molecule has 11 heavy (non-hydrogen) atoms. The van der Waals surface area contributed by atoms with E-state index in [0.717, 1.165) is 0 Å². The molecule has 2 heteroatoms. The molecule has 1 aromatic carbocycles. The van der Waals surface area contributed by atoms with Crippen LogP contribution in [0.4, 0.5) is 0 Å². The lowest BCUT2D eigenvalue weighted by atomic mass is 10.1. The number of hydrogen-bond donors (Lipinski definition) is 1. The van der Waals surface area contributed by atoms with Crippen LogP contribution in [-0.4, -0.2) is 0 Å². The fraction of sp³-hybridized carbons (Fsp3) is 0.111. The maximum Gasteiger partial charge on any atom is 0.0915 e. The Kier molecular flexibility index (Phi) is 4.59. The van der Waals surface area contributed by atoms with Gasteiger partial charge in [0, 0.05) is 0 Å². The lowest BCUT2D eigenvalue weighted by Gasteiger charge is -1.91. The van der Waals surface area contributed by atoms with Gasteiger partial charge in [0.1, 0.15) is 0 Å². The maximum absolute atomic E-state index is 3.62. The molecule has 0 aliphatic rings. The number of quaternary nitrogens is 1. The molecule has 1 aromatic rings. The first kappa shape index (κ1) is 10.2. The van der Waals surface area contributed by atoms with Crippen molar-refractivity contribution in [3.05, 3.63) is 41.6 Å². The molecule has 1 rings (SSSR count). The number of rotatable bonds is 1. The molecule has 0 saturated carbocycles. The molecule has 0 heterocycles. The molecule has 60 valence electrons. The van der Waals surface area contributed by atoms with Crippen molar-refractivity contribution in [1.82, 2.24) is 0 Å². The molecule has 0 aromatic heterocycles. The van der Waals surface area contributed by atoms with Crippen LogP contribution in [0.3, 0.4) is 0 Å². The summed E-state index contributed by atoms with van der Waals surface area (Å²) in [6.07, 6.45) is 3.78. The van der Waals surface area contributed by atoms with Gasteiger partial charge in [0.25, 0.3) is 0 Å². The van der Waals surface area contributed by atoms with Gasteiger partial charge in [-0.1, -0.05) is 29.8 Å². The van der Waals surface area contributed by atoms with Gasteiger partial charge in [-0.25, -0.2) is 0 Å². The molecule has 0 aliphatic carbocycles. The first-order chi connectivity index (χ1) is 4.83. The summed E-state index contributed by atoms with van der Waals surface area (Å²) in [7, 11) is 0. The highest BCUT2D eigenvalue weighted by Crippen LogP contribution is 2.03. The van der Waals surface area contributed by atoms with Crippen molar-refractivity contribution >= 4 is 6.08 Å². The fourth-order valence-electron chi connectivity index (χ4n) is 0.814. The van der Waals surface area contributed by atoms with Gasteiger partial charge < -0.3 is 18.1 Å². The van der Waals surface area contributed by atoms with E-state index in [1.807, 2.05) is 6.08 Å². The van der Waals surface area contributed by atoms with Crippen LogP contribution >= 0.6 is 0 Å². The summed E-state index contributed by atoms with van der Waals surface area (Å²) in [6, 6.07) is 8.35. The summed E-state index contributed by atoms with van der Waals surface area (Å²) >= 11 is 0. The molecular formula is C9H12ClN. The zero-order valence-electron chi connectivity index (χ0n) is 6.55. The van der Waals surface area contributed by atoms with E-state index in [2.05, 4.69) is 36.9 Å². The van der Waals surface area contributed by atoms with Crippen LogP contribution in [0.5, 0.6) is 0 Å². The number of hydrogen-bond acceptors (Lipinski definition) is 0. The summed E-state index contributed by atoms with van der Waals surface area (Å²) in [6.45, 7) is 2.08. The second kappa shape index (κ2) is 4.94. The van der Waals surface area contributed by atoms with E-state index >= 15 is 0 Å². The zero-order chi connectivity index (χ0) is 7.40. The Hall–Kier alpha value is -0.790. The average Bonchev–Trinajstić information content (AvgIpc) is 1.95. The van der Waals surface area contributed by atoms with Crippen LogP contribution in [0.1, 0.15) is 11.1 Å². The third kappa shape index (κ3) is 3.21. The Morgan fingerprint density at radius 3 is 2.18 bits per heavy atom. The number of benzene rings is 1. The van der Waals surface area contributed by atoms with Crippen LogP contribution in [-0.2, 0) is 0 Å². The highest BCUT2D eigenvalue weighted by atomic mass is 35.5. The van der Waals surface area contributed by atoms with E-state index in [-0.39, 0.29) is 12.4 Å². The molecule has 0 saturated heterocycles. The predicted molar refractivity (Wildman–Crippen MR) is 43.1 cm³/mol. The second-order valence-corrected chi connectivity index (χ2v) is 2.31. The molecule has 0 radical (unpaired) electrons. The third-order valence-corrected chi connectivity index (χ3v) is 1.39. The van der Waals surface area contributed by atoms with Gasteiger partial charge in [0.15, 0.2) is 0 Å². The van der Waals surface area contributed by atoms with Crippen LogP contribution < -0.4 is 18.1 Å². The van der Waals surface area contributed by atoms with E-state index < -0.39 is 0 Å². The highest BCUT2D eigenvalue weighted by molar-refractivity contribution is 5.47. The third-order valence-electron chi connectivity index (χ3n) is 1.39. The first-order valence-electron chi connectivity index (χ1n) is 3.35. The minimum absolute atomic E-state index is 0. The molecule has 0 unspecified atom stereocenters. The van der Waals surface area contributed by atoms with Crippen LogP contribution in [0, 0.1) is 6.92 Å². The highest BCUT2D eigenvalue weighted by Gasteiger charge is 1.84. The molecule has 3 N–H and O–H groups in total. The topological polar surface area (TPSA) is 27.6 Å². The largest absolute Gasteiger partial charge is 1.00 e. The maximum atomic E-state index is 3.62. The van der Waals surface area contributed by atoms with Crippen molar-refractivity contribution in [3.8, 4) is 0 Å². The second-order valence-electron chi connectivity index (χ2n) is 2.31. The fourth-order valence-corrected chi connectivity index (χ4v) is 0.814. The van der Waals surface area contributed by atoms with Crippen molar-refractivity contribution < 1.29 is 18.1 Å². The summed E-state index contributed by atoms with van der Waals surface area (Å²) in [5.74, 6) is 0. The van der Waals surface area contributed by atoms with Gasteiger partial charge in [-0.15, -0.1) is 0 Å². The van der Waals surface area contributed by atoms with Gasteiger partial charge in [0.05, 0.1) is 6.20 Å².